The summed E-state index contributed by atoms with van der Waals surface area (Å²) < 4.78 is 1.20. The van der Waals surface area contributed by atoms with Gasteiger partial charge in [0.2, 0.25) is 0 Å². The molecular formula is C8H6S6. The summed E-state index contributed by atoms with van der Waals surface area (Å²) in [6.07, 6.45) is 0. The third-order valence-electron chi connectivity index (χ3n) is 1.24. The van der Waals surface area contributed by atoms with E-state index in [4.69, 9.17) is 24.4 Å². The molecule has 0 unspecified atom stereocenters. The van der Waals surface area contributed by atoms with E-state index in [0.717, 1.165) is 9.79 Å². The van der Waals surface area contributed by atoms with Crippen molar-refractivity contribution >= 4 is 80.3 Å². The second-order valence-electron chi connectivity index (χ2n) is 2.18. The molecule has 0 aliphatic carbocycles. The first kappa shape index (κ1) is 12.9. The van der Waals surface area contributed by atoms with Crippen LogP contribution in [0.3, 0.4) is 0 Å². The molecule has 14 heavy (non-hydrogen) atoms. The van der Waals surface area contributed by atoms with Crippen LogP contribution in [0, 0.1) is 0 Å². The fourth-order valence-corrected chi connectivity index (χ4v) is 3.19. The summed E-state index contributed by atoms with van der Waals surface area (Å²) in [6.45, 7) is 0. The molecule has 0 atom stereocenters. The van der Waals surface area contributed by atoms with Crippen LogP contribution in [0.4, 0.5) is 0 Å². The number of hydrogen-bond acceptors (Lipinski definition) is 4. The van der Waals surface area contributed by atoms with E-state index in [9.17, 15) is 0 Å². The molecule has 0 amide bonds. The van der Waals surface area contributed by atoms with Gasteiger partial charge in [0.15, 0.2) is 0 Å². The first-order valence-corrected chi connectivity index (χ1v) is 6.84. The van der Waals surface area contributed by atoms with E-state index >= 15 is 0 Å². The Balaban J connectivity index is 2.90. The Morgan fingerprint density at radius 3 is 1.57 bits per heavy atom. The highest BCUT2D eigenvalue weighted by molar-refractivity contribution is 8.43. The smallest absolute Gasteiger partial charge is 0.106 e. The minimum atomic E-state index is 0.600. The van der Waals surface area contributed by atoms with Crippen LogP contribution in [-0.2, 0) is 0 Å². The van der Waals surface area contributed by atoms with Crippen molar-refractivity contribution in [3.8, 4) is 0 Å². The van der Waals surface area contributed by atoms with E-state index in [1.54, 1.807) is 0 Å². The Labute approximate surface area is 113 Å². The minimum Gasteiger partial charge on any atom is -0.125 e. The number of hydrogen-bond donors (Lipinski definition) is 2. The van der Waals surface area contributed by atoms with Gasteiger partial charge in [-0.3, -0.25) is 0 Å². The van der Waals surface area contributed by atoms with Gasteiger partial charge in [-0.05, 0) is 12.1 Å². The monoisotopic (exact) mass is 294 g/mol. The van der Waals surface area contributed by atoms with E-state index in [1.165, 1.54) is 23.5 Å². The van der Waals surface area contributed by atoms with Gasteiger partial charge in [-0.15, -0.1) is 25.3 Å². The highest BCUT2D eigenvalue weighted by atomic mass is 32.2. The Morgan fingerprint density at radius 2 is 1.29 bits per heavy atom. The van der Waals surface area contributed by atoms with Crippen LogP contribution < -0.4 is 0 Å². The fourth-order valence-electron chi connectivity index (χ4n) is 0.807. The van der Waals surface area contributed by atoms with Crippen molar-refractivity contribution in [3.05, 3.63) is 24.3 Å². The summed E-state index contributed by atoms with van der Waals surface area (Å²) in [7, 11) is 0. The van der Waals surface area contributed by atoms with Crippen LogP contribution in [0.1, 0.15) is 0 Å². The second kappa shape index (κ2) is 6.40. The predicted molar refractivity (Wildman–Crippen MR) is 81.3 cm³/mol. The van der Waals surface area contributed by atoms with Crippen LogP contribution >= 0.6 is 73.2 Å². The molecule has 0 aromatic heterocycles. The highest BCUT2D eigenvalue weighted by Crippen LogP contribution is 2.33. The van der Waals surface area contributed by atoms with Gasteiger partial charge in [0.25, 0.3) is 0 Å². The van der Waals surface area contributed by atoms with Crippen LogP contribution in [0.5, 0.6) is 0 Å². The van der Waals surface area contributed by atoms with Gasteiger partial charge < -0.3 is 0 Å². The molecule has 0 nitrogen and oxygen atoms in total. The fraction of sp³-hybridized carbons (Fsp3) is 0. The Hall–Kier alpha value is 0.800. The lowest BCUT2D eigenvalue weighted by Gasteiger charge is -2.05. The van der Waals surface area contributed by atoms with Gasteiger partial charge in [0.1, 0.15) is 7.06 Å². The summed E-state index contributed by atoms with van der Waals surface area (Å²) >= 11 is 20.9. The van der Waals surface area contributed by atoms with Crippen molar-refractivity contribution in [2.75, 3.05) is 0 Å². The molecule has 0 bridgehead atoms. The lowest BCUT2D eigenvalue weighted by molar-refractivity contribution is 1.26. The largest absolute Gasteiger partial charge is 0.125 e. The molecule has 1 rings (SSSR count). The maximum absolute atomic E-state index is 4.92. The summed E-state index contributed by atoms with van der Waals surface area (Å²) in [4.78, 5) is 2.13. The molecule has 0 aliphatic heterocycles. The number of thiol groups is 2. The third-order valence-corrected chi connectivity index (χ3v) is 3.92. The van der Waals surface area contributed by atoms with Crippen molar-refractivity contribution < 1.29 is 0 Å². The topological polar surface area (TPSA) is 0 Å². The molecule has 0 heterocycles. The minimum absolute atomic E-state index is 0.600. The van der Waals surface area contributed by atoms with Crippen molar-refractivity contribution in [1.82, 2.24) is 0 Å². The molecular weight excluding hydrogens is 288 g/mol. The number of rotatable bonds is 2. The van der Waals surface area contributed by atoms with Crippen molar-refractivity contribution in [3.63, 3.8) is 0 Å². The van der Waals surface area contributed by atoms with Crippen molar-refractivity contribution in [1.29, 1.82) is 0 Å². The van der Waals surface area contributed by atoms with E-state index in [1.807, 2.05) is 24.3 Å². The van der Waals surface area contributed by atoms with E-state index in [-0.39, 0.29) is 0 Å². The lowest BCUT2D eigenvalue weighted by atomic mass is 10.4. The van der Waals surface area contributed by atoms with Gasteiger partial charge in [0, 0.05) is 9.79 Å². The van der Waals surface area contributed by atoms with E-state index in [0.29, 0.717) is 7.06 Å². The van der Waals surface area contributed by atoms with Crippen LogP contribution in [-0.4, -0.2) is 7.06 Å². The quantitative estimate of drug-likeness (QED) is 0.474. The van der Waals surface area contributed by atoms with Crippen molar-refractivity contribution in [2.24, 2.45) is 0 Å². The number of benzene rings is 1. The zero-order chi connectivity index (χ0) is 10.6. The average molecular weight is 295 g/mol. The number of thioether (sulfide) groups is 2. The van der Waals surface area contributed by atoms with E-state index in [2.05, 4.69) is 25.3 Å². The van der Waals surface area contributed by atoms with Gasteiger partial charge in [-0.1, -0.05) is 60.1 Å². The van der Waals surface area contributed by atoms with Gasteiger partial charge in [-0.2, -0.15) is 0 Å². The van der Waals surface area contributed by atoms with Crippen molar-refractivity contribution in [2.45, 2.75) is 9.79 Å². The lowest BCUT2D eigenvalue weighted by Crippen LogP contribution is -1.82. The Kier molecular flexibility index (Phi) is 5.88. The molecule has 0 fully saturated rings. The molecule has 1 aromatic carbocycles. The number of thiocarbonyl (C=S) groups is 2. The first-order chi connectivity index (χ1) is 6.59. The molecule has 0 saturated carbocycles. The van der Waals surface area contributed by atoms with Crippen LogP contribution in [0.2, 0.25) is 0 Å². The molecule has 74 valence electrons. The average Bonchev–Trinajstić information content (AvgIpc) is 2.06. The maximum Gasteiger partial charge on any atom is 0.106 e. The zero-order valence-corrected chi connectivity index (χ0v) is 11.9. The summed E-state index contributed by atoms with van der Waals surface area (Å²) in [6, 6.07) is 7.89. The summed E-state index contributed by atoms with van der Waals surface area (Å²) in [5, 5.41) is 0. The SMILES string of the molecule is S=C(S)Sc1ccccc1SC(=S)S. The van der Waals surface area contributed by atoms with E-state index < -0.39 is 0 Å². The predicted octanol–water partition coefficient (Wildman–Crippen LogP) is 4.30. The third kappa shape index (κ3) is 4.55. The molecule has 0 saturated heterocycles. The second-order valence-corrected chi connectivity index (χ2v) is 7.73. The molecule has 0 aliphatic rings. The zero-order valence-electron chi connectivity index (χ0n) is 6.84. The molecule has 0 N–H and O–H groups in total. The normalized spacial score (nSPS) is 9.86. The van der Waals surface area contributed by atoms with Gasteiger partial charge in [-0.25, -0.2) is 0 Å². The standard InChI is InChI=1S/C8H6S6/c9-7(10)13-5-3-1-2-4-6(5)14-8(11)12/h1-4H,(H,9,10)(H,11,12). The Bertz CT molecular complexity index is 324. The summed E-state index contributed by atoms with van der Waals surface area (Å²) in [5.74, 6) is 0. The van der Waals surface area contributed by atoms with Gasteiger partial charge >= 0.3 is 0 Å². The molecule has 0 spiro atoms. The van der Waals surface area contributed by atoms with Gasteiger partial charge in [0.05, 0.1) is 0 Å². The Morgan fingerprint density at radius 1 is 0.929 bits per heavy atom. The summed E-state index contributed by atoms with van der Waals surface area (Å²) in [5.41, 5.74) is 0. The van der Waals surface area contributed by atoms with Crippen LogP contribution in [0.15, 0.2) is 34.1 Å². The maximum atomic E-state index is 4.92. The highest BCUT2D eigenvalue weighted by Gasteiger charge is 2.05. The molecule has 0 radical (unpaired) electrons. The molecule has 1 aromatic rings. The van der Waals surface area contributed by atoms with Crippen LogP contribution in [0.25, 0.3) is 0 Å². The molecule has 6 heteroatoms. The first-order valence-electron chi connectivity index (χ1n) is 3.50.